The van der Waals surface area contributed by atoms with Crippen molar-refractivity contribution in [3.05, 3.63) is 29.6 Å². The van der Waals surface area contributed by atoms with Gasteiger partial charge in [-0.15, -0.1) is 0 Å². The molecule has 0 aliphatic carbocycles. The molecule has 4 heteroatoms. The molecule has 1 heterocycles. The number of hydrogen-bond acceptors (Lipinski definition) is 3. The highest BCUT2D eigenvalue weighted by molar-refractivity contribution is 5.37. The second-order valence-corrected chi connectivity index (χ2v) is 5.76. The molecule has 112 valence electrons. The Labute approximate surface area is 120 Å². The highest BCUT2D eigenvalue weighted by atomic mass is 19.1. The number of hydrogen-bond donors (Lipinski definition) is 1. The van der Waals surface area contributed by atoms with Crippen LogP contribution in [0.1, 0.15) is 38.3 Å². The van der Waals surface area contributed by atoms with Crippen LogP contribution in [0.15, 0.2) is 18.2 Å². The molecular formula is C16H25FN2O. The van der Waals surface area contributed by atoms with Crippen molar-refractivity contribution in [1.82, 2.24) is 4.90 Å². The Balaban J connectivity index is 2.27. The number of halogens is 1. The van der Waals surface area contributed by atoms with Crippen LogP contribution in [0.3, 0.4) is 0 Å². The number of ether oxygens (including phenoxy) is 1. The Hall–Kier alpha value is -1.13. The second kappa shape index (κ2) is 6.55. The molecule has 0 amide bonds. The van der Waals surface area contributed by atoms with E-state index in [0.29, 0.717) is 29.8 Å². The van der Waals surface area contributed by atoms with E-state index < -0.39 is 0 Å². The van der Waals surface area contributed by atoms with Crippen molar-refractivity contribution < 1.29 is 9.13 Å². The minimum Gasteiger partial charge on any atom is -0.496 e. The van der Waals surface area contributed by atoms with Crippen molar-refractivity contribution in [1.29, 1.82) is 0 Å². The molecule has 3 nitrogen and oxygen atoms in total. The molecule has 0 bridgehead atoms. The maximum atomic E-state index is 14.2. The number of benzene rings is 1. The lowest BCUT2D eigenvalue weighted by molar-refractivity contribution is 0.0784. The quantitative estimate of drug-likeness (QED) is 0.921. The van der Waals surface area contributed by atoms with Crippen LogP contribution in [-0.2, 0) is 0 Å². The van der Waals surface area contributed by atoms with Crippen molar-refractivity contribution in [2.24, 2.45) is 11.7 Å². The van der Waals surface area contributed by atoms with Crippen molar-refractivity contribution in [3.63, 3.8) is 0 Å². The van der Waals surface area contributed by atoms with E-state index in [1.807, 2.05) is 6.07 Å². The minimum absolute atomic E-state index is 0.00417. The first-order chi connectivity index (χ1) is 9.58. The Bertz CT molecular complexity index is 452. The van der Waals surface area contributed by atoms with Gasteiger partial charge in [-0.2, -0.15) is 0 Å². The van der Waals surface area contributed by atoms with E-state index >= 15 is 0 Å². The van der Waals surface area contributed by atoms with Gasteiger partial charge in [0.1, 0.15) is 11.6 Å². The lowest BCUT2D eigenvalue weighted by Crippen LogP contribution is -2.45. The number of nitrogens with two attached hydrogens (primary N) is 1. The van der Waals surface area contributed by atoms with E-state index in [1.165, 1.54) is 6.07 Å². The molecule has 3 atom stereocenters. The van der Waals surface area contributed by atoms with Gasteiger partial charge in [0.25, 0.3) is 0 Å². The smallest absolute Gasteiger partial charge is 0.131 e. The molecule has 0 radical (unpaired) electrons. The molecule has 20 heavy (non-hydrogen) atoms. The molecule has 0 spiro atoms. The lowest BCUT2D eigenvalue weighted by Gasteiger charge is -2.42. The van der Waals surface area contributed by atoms with E-state index in [-0.39, 0.29) is 11.9 Å². The summed E-state index contributed by atoms with van der Waals surface area (Å²) >= 11 is 0. The van der Waals surface area contributed by atoms with Crippen molar-refractivity contribution >= 4 is 0 Å². The van der Waals surface area contributed by atoms with Crippen LogP contribution in [0.5, 0.6) is 5.75 Å². The van der Waals surface area contributed by atoms with Crippen LogP contribution in [0, 0.1) is 11.7 Å². The Kier molecular flexibility index (Phi) is 5.00. The van der Waals surface area contributed by atoms with Crippen LogP contribution in [0.2, 0.25) is 0 Å². The molecule has 1 fully saturated rings. The third-order valence-corrected chi connectivity index (χ3v) is 4.51. The van der Waals surface area contributed by atoms with Gasteiger partial charge in [0.05, 0.1) is 7.11 Å². The first-order valence-electron chi connectivity index (χ1n) is 7.36. The van der Waals surface area contributed by atoms with E-state index in [2.05, 4.69) is 18.7 Å². The van der Waals surface area contributed by atoms with Gasteiger partial charge >= 0.3 is 0 Å². The molecule has 2 N–H and O–H groups in total. The summed E-state index contributed by atoms with van der Waals surface area (Å²) in [4.78, 5) is 2.35. The molecule has 3 unspecified atom stereocenters. The summed E-state index contributed by atoms with van der Waals surface area (Å²) in [5.74, 6) is 0.935. The van der Waals surface area contributed by atoms with Gasteiger partial charge in [0.2, 0.25) is 0 Å². The topological polar surface area (TPSA) is 38.5 Å². The predicted octanol–water partition coefficient (Wildman–Crippen LogP) is 2.95. The summed E-state index contributed by atoms with van der Waals surface area (Å²) in [6, 6.07) is 5.45. The van der Waals surface area contributed by atoms with E-state index in [4.69, 9.17) is 10.5 Å². The van der Waals surface area contributed by atoms with Crippen LogP contribution in [-0.4, -0.2) is 31.1 Å². The molecule has 1 saturated heterocycles. The van der Waals surface area contributed by atoms with Crippen molar-refractivity contribution in [3.8, 4) is 5.75 Å². The zero-order valence-corrected chi connectivity index (χ0v) is 12.6. The largest absolute Gasteiger partial charge is 0.496 e. The van der Waals surface area contributed by atoms with Gasteiger partial charge in [0.15, 0.2) is 0 Å². The molecule has 2 rings (SSSR count). The fourth-order valence-corrected chi connectivity index (χ4v) is 3.21. The fraction of sp³-hybridized carbons (Fsp3) is 0.625. The fourth-order valence-electron chi connectivity index (χ4n) is 3.21. The predicted molar refractivity (Wildman–Crippen MR) is 79.3 cm³/mol. The van der Waals surface area contributed by atoms with Gasteiger partial charge in [-0.1, -0.05) is 6.07 Å². The van der Waals surface area contributed by atoms with Crippen LogP contribution >= 0.6 is 0 Å². The first-order valence-corrected chi connectivity index (χ1v) is 7.36. The first kappa shape index (κ1) is 15.3. The summed E-state index contributed by atoms with van der Waals surface area (Å²) in [6.45, 7) is 5.88. The molecule has 0 saturated carbocycles. The summed E-state index contributed by atoms with van der Waals surface area (Å²) in [5, 5.41) is 0. The van der Waals surface area contributed by atoms with Gasteiger partial charge in [-0.05, 0) is 51.3 Å². The summed E-state index contributed by atoms with van der Waals surface area (Å²) in [5.41, 5.74) is 6.46. The van der Waals surface area contributed by atoms with Crippen LogP contribution < -0.4 is 10.5 Å². The van der Waals surface area contributed by atoms with Crippen LogP contribution in [0.25, 0.3) is 0 Å². The van der Waals surface area contributed by atoms with E-state index in [0.717, 1.165) is 19.4 Å². The average molecular weight is 280 g/mol. The highest BCUT2D eigenvalue weighted by Gasteiger charge is 2.31. The van der Waals surface area contributed by atoms with Gasteiger partial charge in [0, 0.05) is 24.2 Å². The number of methoxy groups -OCH3 is 1. The van der Waals surface area contributed by atoms with Gasteiger partial charge < -0.3 is 10.5 Å². The second-order valence-electron chi connectivity index (χ2n) is 5.76. The third-order valence-electron chi connectivity index (χ3n) is 4.51. The monoisotopic (exact) mass is 280 g/mol. The zero-order valence-electron chi connectivity index (χ0n) is 12.6. The average Bonchev–Trinajstić information content (AvgIpc) is 2.46. The molecule has 1 aliphatic rings. The normalized spacial score (nSPS) is 25.4. The molecule has 1 aliphatic heterocycles. The number of nitrogens with zero attached hydrogens (tertiary/aromatic N) is 1. The molecule has 0 aromatic heterocycles. The number of rotatable bonds is 4. The van der Waals surface area contributed by atoms with E-state index in [1.54, 1.807) is 13.2 Å². The standard InChI is InChI=1S/C16H25FN2O/c1-11-7-8-13(9-18)10-19(11)12(2)16-14(17)5-4-6-15(16)20-3/h4-6,11-13H,7-10,18H2,1-3H3. The SMILES string of the molecule is COc1cccc(F)c1C(C)N1CC(CN)CCC1C. The summed E-state index contributed by atoms with van der Waals surface area (Å²) < 4.78 is 19.6. The maximum absolute atomic E-state index is 14.2. The maximum Gasteiger partial charge on any atom is 0.131 e. The summed E-state index contributed by atoms with van der Waals surface area (Å²) in [7, 11) is 1.59. The number of piperidine rings is 1. The summed E-state index contributed by atoms with van der Waals surface area (Å²) in [6.07, 6.45) is 2.28. The zero-order chi connectivity index (χ0) is 14.7. The highest BCUT2D eigenvalue weighted by Crippen LogP contribution is 2.35. The molecule has 1 aromatic rings. The van der Waals surface area contributed by atoms with Gasteiger partial charge in [-0.25, -0.2) is 4.39 Å². The van der Waals surface area contributed by atoms with Crippen LogP contribution in [0.4, 0.5) is 4.39 Å². The lowest BCUT2D eigenvalue weighted by atomic mass is 9.90. The van der Waals surface area contributed by atoms with Gasteiger partial charge in [-0.3, -0.25) is 4.90 Å². The third kappa shape index (κ3) is 2.96. The Morgan fingerprint density at radius 1 is 1.45 bits per heavy atom. The Morgan fingerprint density at radius 2 is 2.20 bits per heavy atom. The molecule has 1 aromatic carbocycles. The minimum atomic E-state index is -0.195. The Morgan fingerprint density at radius 3 is 2.85 bits per heavy atom. The van der Waals surface area contributed by atoms with Crippen molar-refractivity contribution in [2.75, 3.05) is 20.2 Å². The van der Waals surface area contributed by atoms with Crippen molar-refractivity contribution in [2.45, 2.75) is 38.8 Å². The number of likely N-dealkylation sites (tertiary alicyclic amines) is 1. The van der Waals surface area contributed by atoms with E-state index in [9.17, 15) is 4.39 Å². The molecular weight excluding hydrogens is 255 g/mol.